The highest BCUT2D eigenvalue weighted by molar-refractivity contribution is 7.89. The summed E-state index contributed by atoms with van der Waals surface area (Å²) in [6.45, 7) is -0.281. The van der Waals surface area contributed by atoms with Crippen molar-refractivity contribution in [1.29, 1.82) is 0 Å². The molecule has 3 aromatic rings. The van der Waals surface area contributed by atoms with Gasteiger partial charge in [0.15, 0.2) is 0 Å². The zero-order chi connectivity index (χ0) is 19.9. The minimum Gasteiger partial charge on any atom is -0.453 e. The molecule has 0 aromatic carbocycles. The molecule has 0 spiro atoms. The van der Waals surface area contributed by atoms with Gasteiger partial charge in [0, 0.05) is 18.3 Å². The van der Waals surface area contributed by atoms with Gasteiger partial charge < -0.3 is 9.15 Å². The topological polar surface area (TPSA) is 120 Å². The SMILES string of the molecule is O=C(OCc1cc(=O)n2cc(Cl)ccc2n1)c1ccc(S(=O)(=O)NC2CC2)o1. The zero-order valence-corrected chi connectivity index (χ0v) is 15.9. The summed E-state index contributed by atoms with van der Waals surface area (Å²) in [5.41, 5.74) is 0.201. The lowest BCUT2D eigenvalue weighted by Crippen LogP contribution is -2.25. The maximum atomic E-state index is 12.1. The Labute approximate surface area is 164 Å². The van der Waals surface area contributed by atoms with E-state index in [9.17, 15) is 18.0 Å². The number of furan rings is 1. The number of ether oxygens (including phenoxy) is 1. The van der Waals surface area contributed by atoms with Crippen LogP contribution in [0.4, 0.5) is 0 Å². The number of nitrogens with one attached hydrogen (secondary N) is 1. The Kier molecular flexibility index (Phi) is 4.69. The van der Waals surface area contributed by atoms with Crippen LogP contribution in [-0.4, -0.2) is 29.8 Å². The number of rotatable bonds is 6. The number of carbonyl (C=O) groups excluding carboxylic acids is 1. The molecule has 9 nitrogen and oxygen atoms in total. The van der Waals surface area contributed by atoms with Gasteiger partial charge in [0.2, 0.25) is 10.9 Å². The maximum Gasteiger partial charge on any atom is 0.374 e. The van der Waals surface area contributed by atoms with Crippen LogP contribution >= 0.6 is 11.6 Å². The van der Waals surface area contributed by atoms with Gasteiger partial charge in [0.05, 0.1) is 10.7 Å². The Bertz CT molecular complexity index is 1230. The maximum absolute atomic E-state index is 12.1. The quantitative estimate of drug-likeness (QED) is 0.599. The largest absolute Gasteiger partial charge is 0.453 e. The van der Waals surface area contributed by atoms with E-state index in [1.165, 1.54) is 28.8 Å². The van der Waals surface area contributed by atoms with E-state index in [2.05, 4.69) is 9.71 Å². The third kappa shape index (κ3) is 3.93. The van der Waals surface area contributed by atoms with Crippen LogP contribution in [0.2, 0.25) is 5.02 Å². The molecule has 0 radical (unpaired) electrons. The number of nitrogens with zero attached hydrogens (tertiary/aromatic N) is 2. The van der Waals surface area contributed by atoms with Gasteiger partial charge in [-0.25, -0.2) is 22.9 Å². The molecule has 0 amide bonds. The fourth-order valence-electron chi connectivity index (χ4n) is 2.46. The van der Waals surface area contributed by atoms with E-state index < -0.39 is 16.0 Å². The first-order valence-electron chi connectivity index (χ1n) is 8.29. The first kappa shape index (κ1) is 18.7. The first-order valence-corrected chi connectivity index (χ1v) is 10.1. The Morgan fingerprint density at radius 1 is 1.32 bits per heavy atom. The second-order valence-corrected chi connectivity index (χ2v) is 8.33. The Morgan fingerprint density at radius 2 is 2.11 bits per heavy atom. The summed E-state index contributed by atoms with van der Waals surface area (Å²) in [6, 6.07) is 6.68. The zero-order valence-electron chi connectivity index (χ0n) is 14.3. The molecule has 3 aromatic heterocycles. The third-order valence-electron chi connectivity index (χ3n) is 3.97. The number of sulfonamides is 1. The van der Waals surface area contributed by atoms with E-state index in [4.69, 9.17) is 20.8 Å². The second kappa shape index (κ2) is 7.04. The van der Waals surface area contributed by atoms with Crippen LogP contribution in [0, 0.1) is 0 Å². The van der Waals surface area contributed by atoms with Crippen molar-refractivity contribution in [2.75, 3.05) is 0 Å². The van der Waals surface area contributed by atoms with Crippen molar-refractivity contribution >= 4 is 33.2 Å². The lowest BCUT2D eigenvalue weighted by molar-refractivity contribution is 0.0425. The van der Waals surface area contributed by atoms with Gasteiger partial charge >= 0.3 is 5.97 Å². The molecule has 1 aliphatic carbocycles. The van der Waals surface area contributed by atoms with Gasteiger partial charge in [0.25, 0.3) is 15.6 Å². The second-order valence-electron chi connectivity index (χ2n) is 6.25. The van der Waals surface area contributed by atoms with Crippen LogP contribution in [0.1, 0.15) is 29.1 Å². The summed E-state index contributed by atoms with van der Waals surface area (Å²) in [5.74, 6) is -1.13. The molecule has 1 saturated carbocycles. The predicted molar refractivity (Wildman–Crippen MR) is 97.6 cm³/mol. The Morgan fingerprint density at radius 3 is 2.86 bits per heavy atom. The fourth-order valence-corrected chi connectivity index (χ4v) is 3.86. The molecule has 11 heteroatoms. The Hall–Kier alpha value is -2.69. The molecule has 0 bridgehead atoms. The average molecular weight is 424 g/mol. The number of esters is 1. The average Bonchev–Trinajstić information content (AvgIpc) is 3.29. The molecule has 1 aliphatic rings. The van der Waals surface area contributed by atoms with Gasteiger partial charge in [-0.15, -0.1) is 0 Å². The van der Waals surface area contributed by atoms with Gasteiger partial charge in [-0.1, -0.05) is 11.6 Å². The van der Waals surface area contributed by atoms with Crippen molar-refractivity contribution < 1.29 is 22.4 Å². The van der Waals surface area contributed by atoms with Gasteiger partial charge in [-0.05, 0) is 37.1 Å². The van der Waals surface area contributed by atoms with Crippen LogP contribution in [0.25, 0.3) is 5.65 Å². The fraction of sp³-hybridized carbons (Fsp3) is 0.235. The highest BCUT2D eigenvalue weighted by atomic mass is 35.5. The molecule has 4 rings (SSSR count). The molecule has 1 fully saturated rings. The van der Waals surface area contributed by atoms with E-state index in [-0.39, 0.29) is 34.8 Å². The summed E-state index contributed by atoms with van der Waals surface area (Å²) in [6.07, 6.45) is 2.99. The van der Waals surface area contributed by atoms with Crippen molar-refractivity contribution in [3.8, 4) is 0 Å². The number of hydrogen-bond donors (Lipinski definition) is 1. The predicted octanol–water partition coefficient (Wildman–Crippen LogP) is 1.74. The van der Waals surface area contributed by atoms with Crippen molar-refractivity contribution in [2.24, 2.45) is 0 Å². The van der Waals surface area contributed by atoms with Crippen LogP contribution in [0.15, 0.2) is 50.8 Å². The minimum absolute atomic E-state index is 0.0847. The van der Waals surface area contributed by atoms with E-state index in [1.807, 2.05) is 0 Å². The molecule has 146 valence electrons. The molecule has 0 atom stereocenters. The number of hydrogen-bond acceptors (Lipinski definition) is 7. The third-order valence-corrected chi connectivity index (χ3v) is 5.59. The summed E-state index contributed by atoms with van der Waals surface area (Å²) >= 11 is 5.85. The van der Waals surface area contributed by atoms with Crippen molar-refractivity contribution in [1.82, 2.24) is 14.1 Å². The van der Waals surface area contributed by atoms with Gasteiger partial charge in [0.1, 0.15) is 12.3 Å². The van der Waals surface area contributed by atoms with E-state index in [1.54, 1.807) is 12.1 Å². The van der Waals surface area contributed by atoms with Crippen molar-refractivity contribution in [3.05, 3.63) is 63.4 Å². The first-order chi connectivity index (χ1) is 13.3. The van der Waals surface area contributed by atoms with Crippen molar-refractivity contribution in [3.63, 3.8) is 0 Å². The molecule has 0 aliphatic heterocycles. The van der Waals surface area contributed by atoms with Crippen molar-refractivity contribution in [2.45, 2.75) is 30.6 Å². The van der Waals surface area contributed by atoms with Gasteiger partial charge in [-0.2, -0.15) is 0 Å². The summed E-state index contributed by atoms with van der Waals surface area (Å²) in [7, 11) is -3.80. The lowest BCUT2D eigenvalue weighted by Gasteiger charge is -2.05. The summed E-state index contributed by atoms with van der Waals surface area (Å²) in [4.78, 5) is 28.4. The highest BCUT2D eigenvalue weighted by Crippen LogP contribution is 2.23. The Balaban J connectivity index is 1.47. The smallest absolute Gasteiger partial charge is 0.374 e. The molecular weight excluding hydrogens is 410 g/mol. The standard InChI is InChI=1S/C17H14ClN3O6S/c18-10-1-5-14-19-12(7-15(22)21(14)8-10)9-26-17(23)13-4-6-16(27-13)28(24,25)20-11-2-3-11/h1,4-8,11,20H,2-3,9H2. The highest BCUT2D eigenvalue weighted by Gasteiger charge is 2.30. The van der Waals surface area contributed by atoms with E-state index in [0.717, 1.165) is 12.8 Å². The van der Waals surface area contributed by atoms with Gasteiger partial charge in [-0.3, -0.25) is 9.20 Å². The van der Waals surface area contributed by atoms with Crippen LogP contribution in [-0.2, 0) is 21.4 Å². The van der Waals surface area contributed by atoms with Crippen LogP contribution in [0.3, 0.4) is 0 Å². The number of pyridine rings is 1. The molecular formula is C17H14ClN3O6S. The van der Waals surface area contributed by atoms with Crippen LogP contribution in [0.5, 0.6) is 0 Å². The lowest BCUT2D eigenvalue weighted by atomic mass is 10.4. The number of halogens is 1. The summed E-state index contributed by atoms with van der Waals surface area (Å²) in [5, 5.41) is 0.0284. The molecule has 28 heavy (non-hydrogen) atoms. The molecule has 1 N–H and O–H groups in total. The number of aromatic nitrogens is 2. The molecule has 3 heterocycles. The minimum atomic E-state index is -3.80. The van der Waals surface area contributed by atoms with Crippen LogP contribution < -0.4 is 10.3 Å². The van der Waals surface area contributed by atoms with E-state index in [0.29, 0.717) is 10.7 Å². The summed E-state index contributed by atoms with van der Waals surface area (Å²) < 4.78 is 38.0. The monoisotopic (exact) mass is 423 g/mol. The number of fused-ring (bicyclic) bond motifs is 1. The molecule has 0 saturated heterocycles. The normalized spacial score (nSPS) is 14.3. The molecule has 0 unspecified atom stereocenters. The van der Waals surface area contributed by atoms with E-state index >= 15 is 0 Å². The number of carbonyl (C=O) groups is 1.